The third kappa shape index (κ3) is 4.18. The minimum Gasteiger partial charge on any atom is -0.405 e. The Bertz CT molecular complexity index is 598. The van der Waals surface area contributed by atoms with Gasteiger partial charge in [-0.05, 0) is 19.5 Å². The fraction of sp³-hybridized carbons (Fsp3) is 0.357. The van der Waals surface area contributed by atoms with Gasteiger partial charge in [0, 0.05) is 10.9 Å². The maximum Gasteiger partial charge on any atom is 0.573 e. The number of ether oxygens (including phenoxy) is 1. The van der Waals surface area contributed by atoms with E-state index in [1.165, 1.54) is 23.5 Å². The predicted octanol–water partition coefficient (Wildman–Crippen LogP) is 4.05. The average Bonchev–Trinajstić information content (AvgIpc) is 2.82. The first-order valence-corrected chi connectivity index (χ1v) is 7.28. The molecule has 0 fully saturated rings. The third-order valence-electron chi connectivity index (χ3n) is 2.80. The molecule has 0 spiro atoms. The Morgan fingerprint density at radius 3 is 2.62 bits per heavy atom. The van der Waals surface area contributed by atoms with Crippen molar-refractivity contribution in [2.24, 2.45) is 0 Å². The minimum atomic E-state index is -4.72. The Kier molecular flexibility index (Phi) is 4.84. The second-order valence-electron chi connectivity index (χ2n) is 4.37. The van der Waals surface area contributed by atoms with E-state index >= 15 is 0 Å². The van der Waals surface area contributed by atoms with Gasteiger partial charge in [-0.2, -0.15) is 0 Å². The van der Waals surface area contributed by atoms with Gasteiger partial charge in [-0.1, -0.05) is 25.1 Å². The molecule has 1 heterocycles. The minimum absolute atomic E-state index is 0.207. The molecule has 0 aliphatic rings. The first-order valence-electron chi connectivity index (χ1n) is 6.40. The Labute approximate surface area is 124 Å². The summed E-state index contributed by atoms with van der Waals surface area (Å²) in [4.78, 5) is 4.36. The topological polar surface area (TPSA) is 34.2 Å². The third-order valence-corrected chi connectivity index (χ3v) is 3.59. The zero-order chi connectivity index (χ0) is 15.5. The lowest BCUT2D eigenvalue weighted by Crippen LogP contribution is -2.25. The maximum atomic E-state index is 12.5. The molecule has 0 saturated carbocycles. The van der Waals surface area contributed by atoms with Crippen LogP contribution in [0, 0.1) is 6.92 Å². The summed E-state index contributed by atoms with van der Waals surface area (Å²) in [6, 6.07) is 5.69. The number of aryl methyl sites for hydroxylation is 1. The van der Waals surface area contributed by atoms with Crippen LogP contribution in [0.2, 0.25) is 0 Å². The van der Waals surface area contributed by atoms with Gasteiger partial charge in [0.15, 0.2) is 0 Å². The molecule has 1 aromatic heterocycles. The summed E-state index contributed by atoms with van der Waals surface area (Å²) >= 11 is 1.46. The lowest BCUT2D eigenvalue weighted by Gasteiger charge is -2.20. The number of alkyl halides is 3. The van der Waals surface area contributed by atoms with Gasteiger partial charge >= 0.3 is 6.36 Å². The Morgan fingerprint density at radius 1 is 1.33 bits per heavy atom. The summed E-state index contributed by atoms with van der Waals surface area (Å²) in [5.41, 5.74) is 1.11. The van der Waals surface area contributed by atoms with E-state index in [0.29, 0.717) is 17.8 Å². The summed E-state index contributed by atoms with van der Waals surface area (Å²) < 4.78 is 41.7. The monoisotopic (exact) mass is 316 g/mol. The average molecular weight is 316 g/mol. The number of rotatable bonds is 5. The largest absolute Gasteiger partial charge is 0.573 e. The molecule has 0 aliphatic carbocycles. The summed E-state index contributed by atoms with van der Waals surface area (Å²) in [6.45, 7) is 4.34. The van der Waals surface area contributed by atoms with Crippen molar-refractivity contribution in [1.82, 2.24) is 10.3 Å². The van der Waals surface area contributed by atoms with Crippen LogP contribution >= 0.6 is 11.3 Å². The number of aromatic nitrogens is 1. The molecule has 1 atom stereocenters. The van der Waals surface area contributed by atoms with Gasteiger partial charge in [-0.25, -0.2) is 4.98 Å². The summed E-state index contributed by atoms with van der Waals surface area (Å²) in [5.74, 6) is -0.207. The molecule has 21 heavy (non-hydrogen) atoms. The number of nitrogens with zero attached hydrogens (tertiary/aromatic N) is 1. The summed E-state index contributed by atoms with van der Waals surface area (Å²) in [7, 11) is 0. The van der Waals surface area contributed by atoms with Crippen molar-refractivity contribution in [3.05, 3.63) is 45.9 Å². The number of nitrogens with one attached hydrogen (secondary N) is 1. The molecule has 2 rings (SSSR count). The summed E-state index contributed by atoms with van der Waals surface area (Å²) in [5, 5.41) is 5.85. The summed E-state index contributed by atoms with van der Waals surface area (Å²) in [6.07, 6.45) is -4.72. The first kappa shape index (κ1) is 15.8. The van der Waals surface area contributed by atoms with Gasteiger partial charge in [0.05, 0.1) is 16.7 Å². The van der Waals surface area contributed by atoms with Crippen molar-refractivity contribution in [2.45, 2.75) is 26.3 Å². The molecule has 114 valence electrons. The number of halogens is 3. The zero-order valence-corrected chi connectivity index (χ0v) is 12.4. The molecule has 7 heteroatoms. The van der Waals surface area contributed by atoms with Crippen LogP contribution in [0.15, 0.2) is 29.6 Å². The second kappa shape index (κ2) is 6.44. The predicted molar refractivity (Wildman–Crippen MR) is 75.5 cm³/mol. The normalized spacial score (nSPS) is 13.2. The molecular formula is C14H15F3N2OS. The highest BCUT2D eigenvalue weighted by Gasteiger charge is 2.33. The lowest BCUT2D eigenvalue weighted by molar-refractivity contribution is -0.275. The Morgan fingerprint density at radius 2 is 2.05 bits per heavy atom. The van der Waals surface area contributed by atoms with Crippen LogP contribution in [-0.4, -0.2) is 17.9 Å². The quantitative estimate of drug-likeness (QED) is 0.903. The van der Waals surface area contributed by atoms with Crippen molar-refractivity contribution >= 4 is 11.3 Å². The van der Waals surface area contributed by atoms with Crippen LogP contribution in [-0.2, 0) is 0 Å². The lowest BCUT2D eigenvalue weighted by atomic mass is 10.0. The standard InChI is InChI=1S/C14H15F3N2OS/c1-3-18-13(11-8-21-9(2)19-11)10-6-4-5-7-12(10)20-14(15,16)17/h4-8,13,18H,3H2,1-2H3. The van der Waals surface area contributed by atoms with Gasteiger partial charge in [0.2, 0.25) is 0 Å². The molecule has 0 saturated heterocycles. The molecule has 0 amide bonds. The number of thiazole rings is 1. The van der Waals surface area contributed by atoms with Crippen molar-refractivity contribution in [3.63, 3.8) is 0 Å². The van der Waals surface area contributed by atoms with E-state index in [2.05, 4.69) is 15.0 Å². The Hall–Kier alpha value is -1.60. The molecule has 1 N–H and O–H groups in total. The molecule has 3 nitrogen and oxygen atoms in total. The highest BCUT2D eigenvalue weighted by atomic mass is 32.1. The SMILES string of the molecule is CCNC(c1csc(C)n1)c1ccccc1OC(F)(F)F. The van der Waals surface area contributed by atoms with E-state index in [4.69, 9.17) is 0 Å². The molecule has 1 aromatic carbocycles. The fourth-order valence-electron chi connectivity index (χ4n) is 2.03. The van der Waals surface area contributed by atoms with Crippen LogP contribution in [0.5, 0.6) is 5.75 Å². The van der Waals surface area contributed by atoms with Gasteiger partial charge in [0.1, 0.15) is 5.75 Å². The number of benzene rings is 1. The van der Waals surface area contributed by atoms with Crippen molar-refractivity contribution in [1.29, 1.82) is 0 Å². The zero-order valence-electron chi connectivity index (χ0n) is 11.6. The molecule has 0 radical (unpaired) electrons. The van der Waals surface area contributed by atoms with Gasteiger partial charge in [-0.3, -0.25) is 0 Å². The molecule has 0 bridgehead atoms. The fourth-order valence-corrected chi connectivity index (χ4v) is 2.67. The van der Waals surface area contributed by atoms with Crippen LogP contribution in [0.1, 0.15) is 29.2 Å². The second-order valence-corrected chi connectivity index (χ2v) is 5.43. The van der Waals surface area contributed by atoms with Gasteiger partial charge in [-0.15, -0.1) is 24.5 Å². The smallest absolute Gasteiger partial charge is 0.405 e. The van der Waals surface area contributed by atoms with Crippen LogP contribution in [0.4, 0.5) is 13.2 Å². The van der Waals surface area contributed by atoms with Crippen LogP contribution < -0.4 is 10.1 Å². The van der Waals surface area contributed by atoms with Crippen molar-refractivity contribution in [3.8, 4) is 5.75 Å². The van der Waals surface area contributed by atoms with E-state index in [-0.39, 0.29) is 5.75 Å². The molecular weight excluding hydrogens is 301 g/mol. The first-order chi connectivity index (χ1) is 9.90. The van der Waals surface area contributed by atoms with Crippen LogP contribution in [0.3, 0.4) is 0 Å². The number of hydrogen-bond donors (Lipinski definition) is 1. The maximum absolute atomic E-state index is 12.5. The molecule has 1 unspecified atom stereocenters. The Balaban J connectivity index is 2.41. The number of para-hydroxylation sites is 1. The molecule has 2 aromatic rings. The number of hydrogen-bond acceptors (Lipinski definition) is 4. The van der Waals surface area contributed by atoms with E-state index in [9.17, 15) is 13.2 Å². The van der Waals surface area contributed by atoms with Crippen LogP contribution in [0.25, 0.3) is 0 Å². The molecule has 0 aliphatic heterocycles. The van der Waals surface area contributed by atoms with E-state index < -0.39 is 12.4 Å². The van der Waals surface area contributed by atoms with E-state index in [1.807, 2.05) is 19.2 Å². The highest BCUT2D eigenvalue weighted by Crippen LogP contribution is 2.33. The van der Waals surface area contributed by atoms with E-state index in [0.717, 1.165) is 5.01 Å². The van der Waals surface area contributed by atoms with Gasteiger partial charge in [0.25, 0.3) is 0 Å². The van der Waals surface area contributed by atoms with Gasteiger partial charge < -0.3 is 10.1 Å². The van der Waals surface area contributed by atoms with E-state index in [1.54, 1.807) is 12.1 Å². The van der Waals surface area contributed by atoms with Crippen molar-refractivity contribution in [2.75, 3.05) is 6.54 Å². The van der Waals surface area contributed by atoms with Crippen molar-refractivity contribution < 1.29 is 17.9 Å². The highest BCUT2D eigenvalue weighted by molar-refractivity contribution is 7.09.